The van der Waals surface area contributed by atoms with Gasteiger partial charge in [0.1, 0.15) is 11.2 Å². The van der Waals surface area contributed by atoms with E-state index in [1.54, 1.807) is 0 Å². The summed E-state index contributed by atoms with van der Waals surface area (Å²) in [5, 5.41) is 14.8. The molecule has 0 radical (unpaired) electrons. The standard InChI is InChI=1S/C54H32N2O/c1-2-16-38-36(14-1)37-15-3-4-17-39(37)47-31-33(25-27-40(38)47)35-13-5-9-21-48(35)56-50-23-11-7-19-42(50)46-30-29-45-41-18-6-10-22-49(41)55(53(45)54(46)56)34-26-28-44-43-20-8-12-24-51(43)57-52(44)32-34/h1-32H. The zero-order valence-electron chi connectivity index (χ0n) is 30.8. The maximum Gasteiger partial charge on any atom is 0.137 e. The highest BCUT2D eigenvalue weighted by Crippen LogP contribution is 2.45. The topological polar surface area (TPSA) is 23.0 Å². The van der Waals surface area contributed by atoms with E-state index in [-0.39, 0.29) is 0 Å². The molecule has 0 bridgehead atoms. The summed E-state index contributed by atoms with van der Waals surface area (Å²) >= 11 is 0. The van der Waals surface area contributed by atoms with E-state index >= 15 is 0 Å². The van der Waals surface area contributed by atoms with E-state index in [9.17, 15) is 0 Å². The van der Waals surface area contributed by atoms with Gasteiger partial charge >= 0.3 is 0 Å². The van der Waals surface area contributed by atoms with Crippen LogP contribution in [-0.2, 0) is 0 Å². The molecule has 0 spiro atoms. The number of furan rings is 1. The fourth-order valence-corrected chi connectivity index (χ4v) is 9.86. The first-order valence-electron chi connectivity index (χ1n) is 19.6. The molecule has 0 aliphatic carbocycles. The summed E-state index contributed by atoms with van der Waals surface area (Å²) in [5.41, 5.74) is 11.1. The van der Waals surface area contributed by atoms with Crippen LogP contribution in [0.3, 0.4) is 0 Å². The Balaban J connectivity index is 1.14. The van der Waals surface area contributed by atoms with Crippen molar-refractivity contribution in [2.45, 2.75) is 0 Å². The Bertz CT molecular complexity index is 3780. The van der Waals surface area contributed by atoms with E-state index in [2.05, 4.69) is 197 Å². The normalized spacial score (nSPS) is 12.2. The van der Waals surface area contributed by atoms with Crippen molar-refractivity contribution in [1.82, 2.24) is 9.13 Å². The monoisotopic (exact) mass is 724 g/mol. The maximum atomic E-state index is 6.47. The predicted molar refractivity (Wildman–Crippen MR) is 240 cm³/mol. The summed E-state index contributed by atoms with van der Waals surface area (Å²) < 4.78 is 11.4. The van der Waals surface area contributed by atoms with E-state index in [0.29, 0.717) is 0 Å². The van der Waals surface area contributed by atoms with Gasteiger partial charge in [-0.3, -0.25) is 0 Å². The van der Waals surface area contributed by atoms with Crippen LogP contribution < -0.4 is 0 Å². The highest BCUT2D eigenvalue weighted by molar-refractivity contribution is 6.26. The van der Waals surface area contributed by atoms with Crippen molar-refractivity contribution in [3.63, 3.8) is 0 Å². The quantitative estimate of drug-likeness (QED) is 0.166. The van der Waals surface area contributed by atoms with E-state index < -0.39 is 0 Å². The number of hydrogen-bond donors (Lipinski definition) is 0. The average Bonchev–Trinajstić information content (AvgIpc) is 3.94. The summed E-state index contributed by atoms with van der Waals surface area (Å²) in [7, 11) is 0. The molecule has 0 amide bonds. The lowest BCUT2D eigenvalue weighted by molar-refractivity contribution is 0.668. The second kappa shape index (κ2) is 11.5. The van der Waals surface area contributed by atoms with Crippen LogP contribution in [0, 0.1) is 0 Å². The van der Waals surface area contributed by atoms with Gasteiger partial charge in [0.15, 0.2) is 0 Å². The van der Waals surface area contributed by atoms with Crippen LogP contribution in [0.1, 0.15) is 0 Å². The van der Waals surface area contributed by atoms with Crippen molar-refractivity contribution < 1.29 is 4.42 Å². The zero-order chi connectivity index (χ0) is 37.2. The Hall–Kier alpha value is -7.62. The van der Waals surface area contributed by atoms with E-state index in [4.69, 9.17) is 4.42 Å². The van der Waals surface area contributed by atoms with Crippen LogP contribution in [0.4, 0.5) is 0 Å². The van der Waals surface area contributed by atoms with Crippen molar-refractivity contribution in [3.8, 4) is 22.5 Å². The van der Waals surface area contributed by atoms with Gasteiger partial charge in [0.05, 0.1) is 33.4 Å². The van der Waals surface area contributed by atoms with Gasteiger partial charge in [-0.15, -0.1) is 0 Å². The molecule has 3 heterocycles. The number of rotatable bonds is 3. The van der Waals surface area contributed by atoms with Crippen molar-refractivity contribution in [2.75, 3.05) is 0 Å². The lowest BCUT2D eigenvalue weighted by Gasteiger charge is -2.17. The molecule has 3 heteroatoms. The van der Waals surface area contributed by atoms with Crippen LogP contribution >= 0.6 is 0 Å². The smallest absolute Gasteiger partial charge is 0.137 e. The minimum absolute atomic E-state index is 0.884. The van der Waals surface area contributed by atoms with Gasteiger partial charge in [0.2, 0.25) is 0 Å². The SMILES string of the molecule is c1ccc(-n2c3ccccc3c3ccc4c5ccccc5n(-c5ccc6c(c5)oc5ccccc56)c4c32)c(-c2ccc3c4ccccc4c4ccccc4c3c2)c1. The predicted octanol–water partition coefficient (Wildman–Crippen LogP) is 14.9. The summed E-state index contributed by atoms with van der Waals surface area (Å²) in [6.07, 6.45) is 0. The van der Waals surface area contributed by atoms with Gasteiger partial charge in [-0.05, 0) is 80.3 Å². The lowest BCUT2D eigenvalue weighted by Crippen LogP contribution is -2.00. The van der Waals surface area contributed by atoms with Crippen molar-refractivity contribution in [3.05, 3.63) is 194 Å². The molecular weight excluding hydrogens is 693 g/mol. The van der Waals surface area contributed by atoms with Crippen molar-refractivity contribution >= 4 is 97.9 Å². The van der Waals surface area contributed by atoms with Gasteiger partial charge in [0, 0.05) is 43.9 Å². The van der Waals surface area contributed by atoms with Crippen LogP contribution in [0.15, 0.2) is 199 Å². The van der Waals surface area contributed by atoms with Crippen molar-refractivity contribution in [2.24, 2.45) is 0 Å². The molecule has 0 N–H and O–H groups in total. The molecule has 0 fully saturated rings. The second-order valence-electron chi connectivity index (χ2n) is 15.2. The summed E-state index contributed by atoms with van der Waals surface area (Å²) in [6.45, 7) is 0. The molecule has 13 rings (SSSR count). The number of fused-ring (bicyclic) bond motifs is 16. The highest BCUT2D eigenvalue weighted by Gasteiger charge is 2.23. The van der Waals surface area contributed by atoms with Gasteiger partial charge in [-0.1, -0.05) is 146 Å². The third kappa shape index (κ3) is 4.20. The Morgan fingerprint density at radius 3 is 1.47 bits per heavy atom. The summed E-state index contributed by atoms with van der Waals surface area (Å²) in [4.78, 5) is 0. The first kappa shape index (κ1) is 30.7. The molecule has 0 saturated carbocycles. The molecule has 0 aliphatic heterocycles. The molecule has 10 aromatic carbocycles. The summed E-state index contributed by atoms with van der Waals surface area (Å²) in [5.74, 6) is 0. The number of nitrogens with zero attached hydrogens (tertiary/aromatic N) is 2. The molecule has 0 saturated heterocycles. The largest absolute Gasteiger partial charge is 0.456 e. The number of para-hydroxylation sites is 4. The molecule has 3 nitrogen and oxygen atoms in total. The van der Waals surface area contributed by atoms with Gasteiger partial charge < -0.3 is 13.6 Å². The molecule has 0 aliphatic rings. The van der Waals surface area contributed by atoms with Crippen LogP contribution in [0.2, 0.25) is 0 Å². The molecule has 13 aromatic rings. The van der Waals surface area contributed by atoms with Crippen LogP contribution in [0.5, 0.6) is 0 Å². The van der Waals surface area contributed by atoms with Gasteiger partial charge in [-0.2, -0.15) is 0 Å². The first-order chi connectivity index (χ1) is 28.3. The maximum absolute atomic E-state index is 6.47. The van der Waals surface area contributed by atoms with Crippen LogP contribution in [-0.4, -0.2) is 9.13 Å². The minimum atomic E-state index is 0.884. The third-order valence-electron chi connectivity index (χ3n) is 12.3. The van der Waals surface area contributed by atoms with E-state index in [0.717, 1.165) is 38.8 Å². The zero-order valence-corrected chi connectivity index (χ0v) is 30.8. The Kier molecular flexibility index (Phi) is 6.16. The Labute approximate surface area is 326 Å². The molecule has 0 unspecified atom stereocenters. The van der Waals surface area contributed by atoms with E-state index in [1.165, 1.54) is 81.5 Å². The summed E-state index contributed by atoms with van der Waals surface area (Å²) in [6, 6.07) is 70.9. The van der Waals surface area contributed by atoms with Crippen molar-refractivity contribution in [1.29, 1.82) is 0 Å². The van der Waals surface area contributed by atoms with Gasteiger partial charge in [-0.25, -0.2) is 0 Å². The fraction of sp³-hybridized carbons (Fsp3) is 0. The second-order valence-corrected chi connectivity index (χ2v) is 15.2. The number of benzene rings is 10. The minimum Gasteiger partial charge on any atom is -0.456 e. The van der Waals surface area contributed by atoms with Crippen LogP contribution in [0.25, 0.3) is 120 Å². The third-order valence-corrected chi connectivity index (χ3v) is 12.3. The van der Waals surface area contributed by atoms with Gasteiger partial charge in [0.25, 0.3) is 0 Å². The molecule has 0 atom stereocenters. The highest BCUT2D eigenvalue weighted by atomic mass is 16.3. The fourth-order valence-electron chi connectivity index (χ4n) is 9.86. The molecular formula is C54H32N2O. The number of hydrogen-bond acceptors (Lipinski definition) is 1. The Morgan fingerprint density at radius 2 is 0.772 bits per heavy atom. The molecule has 3 aromatic heterocycles. The Morgan fingerprint density at radius 1 is 0.298 bits per heavy atom. The van der Waals surface area contributed by atoms with E-state index in [1.807, 2.05) is 6.07 Å². The first-order valence-corrected chi connectivity index (χ1v) is 19.6. The lowest BCUT2D eigenvalue weighted by atomic mass is 9.92. The average molecular weight is 725 g/mol. The molecule has 57 heavy (non-hydrogen) atoms. The molecule has 264 valence electrons. The number of aromatic nitrogens is 2.